The second-order valence-electron chi connectivity index (χ2n) is 6.71. The minimum Gasteiger partial charge on any atom is -0.497 e. The first-order chi connectivity index (χ1) is 16.1. The molecule has 0 aliphatic carbocycles. The van der Waals surface area contributed by atoms with Crippen molar-refractivity contribution in [2.24, 2.45) is 5.10 Å². The summed E-state index contributed by atoms with van der Waals surface area (Å²) in [4.78, 5) is 16.2. The van der Waals surface area contributed by atoms with Gasteiger partial charge in [0, 0.05) is 28.7 Å². The van der Waals surface area contributed by atoms with Crippen LogP contribution in [0.2, 0.25) is 5.02 Å². The Labute approximate surface area is 199 Å². The molecule has 0 aliphatic heterocycles. The number of ether oxygens (including phenoxy) is 1. The van der Waals surface area contributed by atoms with Gasteiger partial charge in [0.05, 0.1) is 19.1 Å². The second-order valence-corrected chi connectivity index (χ2v) is 8.09. The van der Waals surface area contributed by atoms with Crippen molar-refractivity contribution in [2.45, 2.75) is 5.16 Å². The van der Waals surface area contributed by atoms with Gasteiger partial charge in [-0.2, -0.15) is 5.10 Å². The molecule has 4 aromatic rings. The smallest absolute Gasteiger partial charge is 0.250 e. The van der Waals surface area contributed by atoms with E-state index in [1.54, 1.807) is 50.0 Å². The van der Waals surface area contributed by atoms with Crippen LogP contribution in [0.3, 0.4) is 0 Å². The number of nitrogens with zero attached hydrogens (tertiary/aromatic N) is 5. The lowest BCUT2D eigenvalue weighted by molar-refractivity contribution is -0.118. The standard InChI is InChI=1S/C23H19ClN6O2S/c1-32-20-8-2-17(3-9-20)22-28-29-23(30(22)19-6-4-18(24)5-7-19)33-15-21(31)27-26-14-16-10-12-25-13-11-16/h2-14H,15H2,1H3,(H,27,31)/b26-14-. The number of methoxy groups -OCH3 is 1. The predicted octanol–water partition coefficient (Wildman–Crippen LogP) is 4.23. The lowest BCUT2D eigenvalue weighted by Gasteiger charge is -2.11. The molecule has 33 heavy (non-hydrogen) atoms. The van der Waals surface area contributed by atoms with Gasteiger partial charge in [-0.05, 0) is 66.2 Å². The van der Waals surface area contributed by atoms with Gasteiger partial charge in [0.2, 0.25) is 0 Å². The van der Waals surface area contributed by atoms with Crippen molar-refractivity contribution >= 4 is 35.5 Å². The lowest BCUT2D eigenvalue weighted by Crippen LogP contribution is -2.20. The van der Waals surface area contributed by atoms with Gasteiger partial charge in [0.25, 0.3) is 5.91 Å². The van der Waals surface area contributed by atoms with Gasteiger partial charge in [-0.25, -0.2) is 5.43 Å². The van der Waals surface area contributed by atoms with E-state index in [9.17, 15) is 4.79 Å². The third kappa shape index (κ3) is 5.76. The van der Waals surface area contributed by atoms with Crippen molar-refractivity contribution in [1.29, 1.82) is 0 Å². The Morgan fingerprint density at radius 1 is 1.09 bits per heavy atom. The summed E-state index contributed by atoms with van der Waals surface area (Å²) in [6.07, 6.45) is 4.87. The molecule has 0 atom stereocenters. The number of amides is 1. The first kappa shape index (κ1) is 22.5. The summed E-state index contributed by atoms with van der Waals surface area (Å²) in [7, 11) is 1.62. The maximum atomic E-state index is 12.3. The van der Waals surface area contributed by atoms with Crippen LogP contribution in [0.25, 0.3) is 17.1 Å². The van der Waals surface area contributed by atoms with Gasteiger partial charge in [-0.15, -0.1) is 10.2 Å². The molecular formula is C23H19ClN6O2S. The van der Waals surface area contributed by atoms with E-state index in [1.807, 2.05) is 41.0 Å². The van der Waals surface area contributed by atoms with E-state index in [-0.39, 0.29) is 11.7 Å². The average molecular weight is 479 g/mol. The van der Waals surface area contributed by atoms with Crippen molar-refractivity contribution < 1.29 is 9.53 Å². The number of hydrogen-bond acceptors (Lipinski definition) is 7. The summed E-state index contributed by atoms with van der Waals surface area (Å²) in [5, 5.41) is 13.9. The van der Waals surface area contributed by atoms with Crippen molar-refractivity contribution in [3.63, 3.8) is 0 Å². The van der Waals surface area contributed by atoms with E-state index in [0.29, 0.717) is 16.0 Å². The zero-order valence-corrected chi connectivity index (χ0v) is 19.1. The normalized spacial score (nSPS) is 11.0. The van der Waals surface area contributed by atoms with Gasteiger partial charge in [0.1, 0.15) is 5.75 Å². The SMILES string of the molecule is COc1ccc(-c2nnc(SCC(=O)N/N=C\c3ccncc3)n2-c2ccc(Cl)cc2)cc1. The summed E-state index contributed by atoms with van der Waals surface area (Å²) in [5.74, 6) is 1.23. The molecule has 0 radical (unpaired) electrons. The molecule has 2 aromatic heterocycles. The monoisotopic (exact) mass is 478 g/mol. The minimum atomic E-state index is -0.262. The van der Waals surface area contributed by atoms with Gasteiger partial charge in [-0.3, -0.25) is 14.3 Å². The van der Waals surface area contributed by atoms with Crippen molar-refractivity contribution in [3.8, 4) is 22.8 Å². The van der Waals surface area contributed by atoms with E-state index in [4.69, 9.17) is 16.3 Å². The van der Waals surface area contributed by atoms with E-state index in [0.717, 1.165) is 22.6 Å². The fourth-order valence-corrected chi connectivity index (χ4v) is 3.77. The molecular weight excluding hydrogens is 460 g/mol. The first-order valence-corrected chi connectivity index (χ1v) is 11.2. The van der Waals surface area contributed by atoms with Crippen LogP contribution >= 0.6 is 23.4 Å². The number of carbonyl (C=O) groups is 1. The Kier molecular flexibility index (Phi) is 7.33. The molecule has 1 N–H and O–H groups in total. The molecule has 1 amide bonds. The summed E-state index contributed by atoms with van der Waals surface area (Å²) in [6, 6.07) is 18.5. The molecule has 0 saturated heterocycles. The van der Waals surface area contributed by atoms with Crippen LogP contribution in [-0.2, 0) is 4.79 Å². The van der Waals surface area contributed by atoms with Crippen molar-refractivity contribution in [3.05, 3.63) is 83.6 Å². The van der Waals surface area contributed by atoms with Crippen LogP contribution in [0.5, 0.6) is 5.75 Å². The zero-order chi connectivity index (χ0) is 23.0. The number of thioether (sulfide) groups is 1. The van der Waals surface area contributed by atoms with E-state index >= 15 is 0 Å². The van der Waals surface area contributed by atoms with Crippen LogP contribution in [0.15, 0.2) is 83.3 Å². The first-order valence-electron chi connectivity index (χ1n) is 9.84. The molecule has 0 aliphatic rings. The highest BCUT2D eigenvalue weighted by atomic mass is 35.5. The summed E-state index contributed by atoms with van der Waals surface area (Å²) in [6.45, 7) is 0. The molecule has 2 aromatic carbocycles. The highest BCUT2D eigenvalue weighted by Gasteiger charge is 2.17. The maximum absolute atomic E-state index is 12.3. The Balaban J connectivity index is 1.53. The molecule has 0 spiro atoms. The zero-order valence-electron chi connectivity index (χ0n) is 17.6. The predicted molar refractivity (Wildman–Crippen MR) is 129 cm³/mol. The quantitative estimate of drug-likeness (QED) is 0.231. The molecule has 0 fully saturated rings. The van der Waals surface area contributed by atoms with E-state index < -0.39 is 0 Å². The van der Waals surface area contributed by atoms with Crippen LogP contribution in [0, 0.1) is 0 Å². The summed E-state index contributed by atoms with van der Waals surface area (Å²) >= 11 is 7.33. The third-order valence-corrected chi connectivity index (χ3v) is 5.69. The Morgan fingerprint density at radius 3 is 2.52 bits per heavy atom. The van der Waals surface area contributed by atoms with Crippen molar-refractivity contribution in [2.75, 3.05) is 12.9 Å². The number of benzene rings is 2. The fraction of sp³-hybridized carbons (Fsp3) is 0.0870. The van der Waals surface area contributed by atoms with Crippen LogP contribution in [0.4, 0.5) is 0 Å². The Hall–Kier alpha value is -3.69. The highest BCUT2D eigenvalue weighted by molar-refractivity contribution is 7.99. The highest BCUT2D eigenvalue weighted by Crippen LogP contribution is 2.29. The molecule has 8 nitrogen and oxygen atoms in total. The number of halogens is 1. The fourth-order valence-electron chi connectivity index (χ4n) is 2.90. The Morgan fingerprint density at radius 2 is 1.82 bits per heavy atom. The number of carbonyl (C=O) groups excluding carboxylic acids is 1. The van der Waals surface area contributed by atoms with Crippen LogP contribution < -0.4 is 10.2 Å². The second kappa shape index (κ2) is 10.8. The topological polar surface area (TPSA) is 94.3 Å². The summed E-state index contributed by atoms with van der Waals surface area (Å²) < 4.78 is 7.13. The molecule has 2 heterocycles. The molecule has 0 unspecified atom stereocenters. The van der Waals surface area contributed by atoms with Gasteiger partial charge in [0.15, 0.2) is 11.0 Å². The maximum Gasteiger partial charge on any atom is 0.250 e. The molecule has 0 saturated carbocycles. The number of pyridine rings is 1. The van der Waals surface area contributed by atoms with E-state index in [2.05, 4.69) is 25.7 Å². The van der Waals surface area contributed by atoms with Crippen LogP contribution in [0.1, 0.15) is 5.56 Å². The van der Waals surface area contributed by atoms with E-state index in [1.165, 1.54) is 11.8 Å². The van der Waals surface area contributed by atoms with Gasteiger partial charge in [-0.1, -0.05) is 23.4 Å². The number of hydrogen-bond donors (Lipinski definition) is 1. The number of rotatable bonds is 8. The van der Waals surface area contributed by atoms with Gasteiger partial charge < -0.3 is 4.74 Å². The Bertz CT molecular complexity index is 1240. The largest absolute Gasteiger partial charge is 0.497 e. The number of hydrazone groups is 1. The van der Waals surface area contributed by atoms with Crippen molar-refractivity contribution in [1.82, 2.24) is 25.2 Å². The molecule has 166 valence electrons. The lowest BCUT2D eigenvalue weighted by atomic mass is 10.2. The molecule has 0 bridgehead atoms. The average Bonchev–Trinajstić information content (AvgIpc) is 3.28. The minimum absolute atomic E-state index is 0.113. The summed E-state index contributed by atoms with van der Waals surface area (Å²) in [5.41, 5.74) is 5.04. The molecule has 10 heteroatoms. The van der Waals surface area contributed by atoms with Crippen LogP contribution in [-0.4, -0.2) is 44.7 Å². The number of nitrogens with one attached hydrogen (secondary N) is 1. The number of aromatic nitrogens is 4. The van der Waals surface area contributed by atoms with Gasteiger partial charge >= 0.3 is 0 Å². The molecule has 4 rings (SSSR count). The third-order valence-electron chi connectivity index (χ3n) is 4.51.